The summed E-state index contributed by atoms with van der Waals surface area (Å²) in [5, 5.41) is 6.23. The molecule has 0 saturated carbocycles. The highest BCUT2D eigenvalue weighted by Gasteiger charge is 2.36. The van der Waals surface area contributed by atoms with Crippen LogP contribution in [0.15, 0.2) is 24.3 Å². The zero-order chi connectivity index (χ0) is 18.5. The number of ether oxygens (including phenoxy) is 1. The van der Waals surface area contributed by atoms with Crippen molar-refractivity contribution in [2.75, 3.05) is 19.6 Å². The fraction of sp³-hybridized carbons (Fsp3) is 0.556. The fourth-order valence-electron chi connectivity index (χ4n) is 3.55. The largest absolute Gasteiger partial charge is 0.434 e. The van der Waals surface area contributed by atoms with Crippen LogP contribution >= 0.6 is 0 Å². The Balaban J connectivity index is 1.71. The van der Waals surface area contributed by atoms with E-state index in [1.54, 1.807) is 6.07 Å². The maximum absolute atomic E-state index is 12.9. The van der Waals surface area contributed by atoms with Gasteiger partial charge < -0.3 is 20.3 Å². The standard InChI is InChI=1S/C18H23F2N3O3/c19-18(20)26-15-8-2-1-6-13(15)17(25)23-10-4-7-14(23)16(24)22-12-5-3-9-21-11-12/h1-2,6,8,12,14,18,21H,3-5,7,9-11H2,(H,22,24)/t12-,14?/m0/s1. The molecular weight excluding hydrogens is 344 g/mol. The normalized spacial score (nSPS) is 23.1. The number of nitrogens with one attached hydrogen (secondary N) is 2. The number of amides is 2. The molecule has 2 N–H and O–H groups in total. The van der Waals surface area contributed by atoms with Crippen molar-refractivity contribution in [3.8, 4) is 5.75 Å². The predicted octanol–water partition coefficient (Wildman–Crippen LogP) is 1.76. The molecule has 1 aromatic carbocycles. The third kappa shape index (κ3) is 4.30. The minimum Gasteiger partial charge on any atom is -0.434 e. The molecule has 0 bridgehead atoms. The lowest BCUT2D eigenvalue weighted by molar-refractivity contribution is -0.125. The Kier molecular flexibility index (Phi) is 6.03. The molecule has 2 aliphatic rings. The minimum absolute atomic E-state index is 0.0480. The Hall–Kier alpha value is -2.22. The highest BCUT2D eigenvalue weighted by Crippen LogP contribution is 2.26. The lowest BCUT2D eigenvalue weighted by atomic mass is 10.1. The molecule has 142 valence electrons. The van der Waals surface area contributed by atoms with Gasteiger partial charge in [-0.15, -0.1) is 0 Å². The molecule has 0 spiro atoms. The molecule has 1 aromatic rings. The Morgan fingerprint density at radius 1 is 1.23 bits per heavy atom. The summed E-state index contributed by atoms with van der Waals surface area (Å²) < 4.78 is 29.6. The van der Waals surface area contributed by atoms with Crippen LogP contribution in [-0.2, 0) is 4.79 Å². The van der Waals surface area contributed by atoms with E-state index in [9.17, 15) is 18.4 Å². The van der Waals surface area contributed by atoms with Gasteiger partial charge in [0.05, 0.1) is 5.56 Å². The number of carbonyl (C=O) groups excluding carboxylic acids is 2. The molecule has 3 rings (SSSR count). The third-order valence-electron chi connectivity index (χ3n) is 4.79. The van der Waals surface area contributed by atoms with Gasteiger partial charge in [0.1, 0.15) is 11.8 Å². The molecule has 8 heteroatoms. The van der Waals surface area contributed by atoms with Crippen molar-refractivity contribution in [1.82, 2.24) is 15.5 Å². The van der Waals surface area contributed by atoms with Gasteiger partial charge in [-0.25, -0.2) is 0 Å². The van der Waals surface area contributed by atoms with Gasteiger partial charge in [0.15, 0.2) is 0 Å². The maximum Gasteiger partial charge on any atom is 0.387 e. The summed E-state index contributed by atoms with van der Waals surface area (Å²) in [4.78, 5) is 27.0. The third-order valence-corrected chi connectivity index (χ3v) is 4.79. The smallest absolute Gasteiger partial charge is 0.387 e. The van der Waals surface area contributed by atoms with Crippen LogP contribution in [-0.4, -0.2) is 55.0 Å². The first kappa shape index (κ1) is 18.6. The van der Waals surface area contributed by atoms with Crippen LogP contribution in [0.1, 0.15) is 36.0 Å². The Labute approximate surface area is 150 Å². The number of benzene rings is 1. The maximum atomic E-state index is 12.9. The molecule has 2 amide bonds. The lowest BCUT2D eigenvalue weighted by Gasteiger charge is -2.29. The van der Waals surface area contributed by atoms with Gasteiger partial charge in [-0.2, -0.15) is 8.78 Å². The highest BCUT2D eigenvalue weighted by molar-refractivity contribution is 6.00. The van der Waals surface area contributed by atoms with Crippen LogP contribution < -0.4 is 15.4 Å². The molecule has 2 atom stereocenters. The van der Waals surface area contributed by atoms with Crippen molar-refractivity contribution >= 4 is 11.8 Å². The second-order valence-electron chi connectivity index (χ2n) is 6.58. The van der Waals surface area contributed by atoms with Gasteiger partial charge >= 0.3 is 6.61 Å². The van der Waals surface area contributed by atoms with Crippen LogP contribution in [0.2, 0.25) is 0 Å². The number of hydrogen-bond donors (Lipinski definition) is 2. The van der Waals surface area contributed by atoms with Gasteiger partial charge in [-0.1, -0.05) is 12.1 Å². The van der Waals surface area contributed by atoms with Crippen LogP contribution in [0.3, 0.4) is 0 Å². The van der Waals surface area contributed by atoms with Gasteiger partial charge in [0.2, 0.25) is 5.91 Å². The quantitative estimate of drug-likeness (QED) is 0.832. The van der Waals surface area contributed by atoms with E-state index in [2.05, 4.69) is 15.4 Å². The Morgan fingerprint density at radius 3 is 2.77 bits per heavy atom. The van der Waals surface area contributed by atoms with E-state index in [1.807, 2.05) is 0 Å². The van der Waals surface area contributed by atoms with Gasteiger partial charge in [0.25, 0.3) is 5.91 Å². The van der Waals surface area contributed by atoms with Crippen LogP contribution in [0.5, 0.6) is 5.75 Å². The summed E-state index contributed by atoms with van der Waals surface area (Å²) in [5.74, 6) is -0.812. The highest BCUT2D eigenvalue weighted by atomic mass is 19.3. The van der Waals surface area contributed by atoms with Crippen molar-refractivity contribution in [1.29, 1.82) is 0 Å². The molecule has 2 fully saturated rings. The lowest BCUT2D eigenvalue weighted by Crippen LogP contribution is -2.52. The van der Waals surface area contributed by atoms with Crippen molar-refractivity contribution in [3.63, 3.8) is 0 Å². The van der Waals surface area contributed by atoms with E-state index >= 15 is 0 Å². The first-order valence-electron chi connectivity index (χ1n) is 8.92. The van der Waals surface area contributed by atoms with Crippen molar-refractivity contribution in [3.05, 3.63) is 29.8 Å². The Morgan fingerprint density at radius 2 is 2.04 bits per heavy atom. The summed E-state index contributed by atoms with van der Waals surface area (Å²) in [7, 11) is 0. The molecule has 0 aromatic heterocycles. The van der Waals surface area contributed by atoms with Crippen LogP contribution in [0.4, 0.5) is 8.78 Å². The molecule has 2 aliphatic heterocycles. The molecule has 2 saturated heterocycles. The van der Waals surface area contributed by atoms with E-state index < -0.39 is 18.6 Å². The molecule has 0 radical (unpaired) electrons. The molecule has 1 unspecified atom stereocenters. The number of rotatable bonds is 5. The number of halogens is 2. The molecule has 6 nitrogen and oxygen atoms in total. The number of hydrogen-bond acceptors (Lipinski definition) is 4. The van der Waals surface area contributed by atoms with E-state index in [4.69, 9.17) is 0 Å². The molecular formula is C18H23F2N3O3. The summed E-state index contributed by atoms with van der Waals surface area (Å²) in [5.41, 5.74) is 0.0480. The molecule has 0 aliphatic carbocycles. The second-order valence-corrected chi connectivity index (χ2v) is 6.58. The zero-order valence-corrected chi connectivity index (χ0v) is 14.4. The SMILES string of the molecule is O=C(N[C@H]1CCCNC1)C1CCCN1C(=O)c1ccccc1OC(F)F. The van der Waals surface area contributed by atoms with Crippen molar-refractivity contribution in [2.24, 2.45) is 0 Å². The number of alkyl halides is 2. The molecule has 2 heterocycles. The summed E-state index contributed by atoms with van der Waals surface area (Å²) in [6, 6.07) is 5.37. The van der Waals surface area contributed by atoms with Crippen molar-refractivity contribution < 1.29 is 23.1 Å². The number of para-hydroxylation sites is 1. The summed E-state index contributed by atoms with van der Waals surface area (Å²) >= 11 is 0. The average Bonchev–Trinajstić information content (AvgIpc) is 3.12. The number of piperidine rings is 1. The zero-order valence-electron chi connectivity index (χ0n) is 14.4. The average molecular weight is 367 g/mol. The summed E-state index contributed by atoms with van der Waals surface area (Å²) in [6.07, 6.45) is 3.17. The number of likely N-dealkylation sites (tertiary alicyclic amines) is 1. The number of carbonyl (C=O) groups is 2. The van der Waals surface area contributed by atoms with E-state index in [1.165, 1.54) is 23.1 Å². The Bertz CT molecular complexity index is 650. The first-order valence-corrected chi connectivity index (χ1v) is 8.92. The minimum atomic E-state index is -3.01. The van der Waals surface area contributed by atoms with E-state index in [-0.39, 0.29) is 23.3 Å². The second kappa shape index (κ2) is 8.44. The van der Waals surface area contributed by atoms with E-state index in [0.717, 1.165) is 25.9 Å². The predicted molar refractivity (Wildman–Crippen MR) is 91.2 cm³/mol. The number of nitrogens with zero attached hydrogens (tertiary/aromatic N) is 1. The fourth-order valence-corrected chi connectivity index (χ4v) is 3.55. The van der Waals surface area contributed by atoms with Gasteiger partial charge in [-0.3, -0.25) is 9.59 Å². The van der Waals surface area contributed by atoms with Gasteiger partial charge in [-0.05, 0) is 44.4 Å². The summed E-state index contributed by atoms with van der Waals surface area (Å²) in [6.45, 7) is -0.929. The molecule has 26 heavy (non-hydrogen) atoms. The van der Waals surface area contributed by atoms with Crippen LogP contribution in [0, 0.1) is 0 Å². The van der Waals surface area contributed by atoms with Gasteiger partial charge in [0, 0.05) is 19.1 Å². The first-order chi connectivity index (χ1) is 12.6. The monoisotopic (exact) mass is 367 g/mol. The topological polar surface area (TPSA) is 70.7 Å². The van der Waals surface area contributed by atoms with E-state index in [0.29, 0.717) is 19.4 Å². The van der Waals surface area contributed by atoms with Crippen molar-refractivity contribution in [2.45, 2.75) is 44.4 Å². The van der Waals surface area contributed by atoms with Crippen LogP contribution in [0.25, 0.3) is 0 Å².